The predicted molar refractivity (Wildman–Crippen MR) is 120 cm³/mol. The fraction of sp³-hybridized carbons (Fsp3) is 0.478. The van der Waals surface area contributed by atoms with Gasteiger partial charge >= 0.3 is 0 Å². The fourth-order valence-corrected chi connectivity index (χ4v) is 4.19. The molecule has 0 fully saturated rings. The first-order valence-electron chi connectivity index (χ1n) is 10.7. The van der Waals surface area contributed by atoms with Crippen LogP contribution in [-0.2, 0) is 5.75 Å². The van der Waals surface area contributed by atoms with E-state index in [-0.39, 0.29) is 11.9 Å². The molecule has 3 aromatic rings. The molecule has 0 aliphatic rings. The molecular weight excluding hydrogens is 398 g/mol. The zero-order valence-corrected chi connectivity index (χ0v) is 19.1. The van der Waals surface area contributed by atoms with Crippen LogP contribution in [0.15, 0.2) is 44.4 Å². The molecule has 3 rings (SSSR count). The lowest BCUT2D eigenvalue weighted by Gasteiger charge is -2.17. The molecule has 0 unspecified atom stereocenters. The van der Waals surface area contributed by atoms with Gasteiger partial charge in [0.25, 0.3) is 11.1 Å². The zero-order chi connectivity index (χ0) is 21.5. The molecule has 0 aliphatic heterocycles. The molecule has 30 heavy (non-hydrogen) atoms. The highest BCUT2D eigenvalue weighted by atomic mass is 32.2. The van der Waals surface area contributed by atoms with E-state index < -0.39 is 0 Å². The normalized spacial score (nSPS) is 12.6. The maximum absolute atomic E-state index is 12.5. The van der Waals surface area contributed by atoms with Gasteiger partial charge in [0.1, 0.15) is 11.3 Å². The number of carbonyl (C=O) groups excluding carboxylic acids is 1. The van der Waals surface area contributed by atoms with Crippen LogP contribution in [-0.4, -0.2) is 36.6 Å². The van der Waals surface area contributed by atoms with Gasteiger partial charge in [0.2, 0.25) is 0 Å². The molecule has 2 N–H and O–H groups in total. The molecule has 0 saturated carbocycles. The summed E-state index contributed by atoms with van der Waals surface area (Å²) in [5.41, 5.74) is 2.76. The van der Waals surface area contributed by atoms with E-state index in [1.54, 1.807) is 11.0 Å². The molecule has 2 heterocycles. The van der Waals surface area contributed by atoms with Crippen molar-refractivity contribution in [3.05, 3.63) is 47.4 Å². The second-order valence-electron chi connectivity index (χ2n) is 7.68. The van der Waals surface area contributed by atoms with E-state index in [2.05, 4.69) is 24.1 Å². The first-order chi connectivity index (χ1) is 14.5. The maximum Gasteiger partial charge on any atom is 0.287 e. The molecule has 1 aromatic carbocycles. The van der Waals surface area contributed by atoms with Crippen molar-refractivity contribution in [1.29, 1.82) is 0 Å². The molecule has 0 aliphatic carbocycles. The number of furan rings is 1. The summed E-state index contributed by atoms with van der Waals surface area (Å²) in [6.45, 7) is 11.9. The van der Waals surface area contributed by atoms with Gasteiger partial charge in [-0.15, -0.1) is 0 Å². The van der Waals surface area contributed by atoms with Crippen molar-refractivity contribution in [2.45, 2.75) is 57.6 Å². The van der Waals surface area contributed by atoms with Gasteiger partial charge in [0, 0.05) is 6.04 Å². The topological polar surface area (TPSA) is 72.7 Å². The molecule has 0 saturated heterocycles. The number of hydrogen-bond donors (Lipinski definition) is 2. The summed E-state index contributed by atoms with van der Waals surface area (Å²) >= 11 is 1.46. The van der Waals surface area contributed by atoms with Crippen LogP contribution in [0.3, 0.4) is 0 Å². The smallest absolute Gasteiger partial charge is 0.287 e. The predicted octanol–water partition coefficient (Wildman–Crippen LogP) is 3.84. The van der Waals surface area contributed by atoms with Gasteiger partial charge in [0.15, 0.2) is 11.3 Å². The van der Waals surface area contributed by atoms with E-state index in [0.29, 0.717) is 16.7 Å². The standard InChI is InChI=1S/C23H31N3O3S/c1-5-26(6-2)14-8-10-17(4)24-22(27)20-13-12-18(28-20)15-30-23-25-21-16(3)9-7-11-19(21)29-23/h7,9,11-13,17H,5-6,8,10,14-15H2,1-4H3,(H,24,27)/p+1/t17-/m1/s1. The minimum absolute atomic E-state index is 0.123. The van der Waals surface area contributed by atoms with Crippen LogP contribution < -0.4 is 10.2 Å². The lowest BCUT2D eigenvalue weighted by molar-refractivity contribution is -0.896. The number of oxazole rings is 1. The first kappa shape index (κ1) is 22.4. The molecule has 0 bridgehead atoms. The van der Waals surface area contributed by atoms with E-state index in [9.17, 15) is 4.79 Å². The number of thioether (sulfide) groups is 1. The summed E-state index contributed by atoms with van der Waals surface area (Å²) in [5, 5.41) is 3.64. The third kappa shape index (κ3) is 5.89. The van der Waals surface area contributed by atoms with Crippen molar-refractivity contribution in [1.82, 2.24) is 10.3 Å². The van der Waals surface area contributed by atoms with E-state index in [1.165, 1.54) is 11.8 Å². The molecule has 0 spiro atoms. The van der Waals surface area contributed by atoms with Crippen LogP contribution in [0.2, 0.25) is 0 Å². The Hall–Kier alpha value is -2.25. The lowest BCUT2D eigenvalue weighted by atomic mass is 10.1. The van der Waals surface area contributed by atoms with E-state index in [4.69, 9.17) is 8.83 Å². The highest BCUT2D eigenvalue weighted by Crippen LogP contribution is 2.28. The molecule has 0 radical (unpaired) electrons. The van der Waals surface area contributed by atoms with Crippen molar-refractivity contribution in [3.8, 4) is 0 Å². The Balaban J connectivity index is 1.47. The highest BCUT2D eigenvalue weighted by molar-refractivity contribution is 7.98. The Labute approximate surface area is 182 Å². The second kappa shape index (κ2) is 10.7. The number of benzene rings is 1. The molecule has 1 amide bonds. The zero-order valence-electron chi connectivity index (χ0n) is 18.3. The van der Waals surface area contributed by atoms with Crippen molar-refractivity contribution < 1.29 is 18.5 Å². The van der Waals surface area contributed by atoms with Crippen molar-refractivity contribution in [2.24, 2.45) is 0 Å². The quantitative estimate of drug-likeness (QED) is 0.452. The van der Waals surface area contributed by atoms with Crippen molar-refractivity contribution in [2.75, 3.05) is 19.6 Å². The van der Waals surface area contributed by atoms with Crippen LogP contribution in [0.1, 0.15) is 55.5 Å². The number of nitrogens with zero attached hydrogens (tertiary/aromatic N) is 1. The number of aryl methyl sites for hydroxylation is 1. The van der Waals surface area contributed by atoms with Crippen LogP contribution in [0.25, 0.3) is 11.1 Å². The van der Waals surface area contributed by atoms with Gasteiger partial charge in [-0.25, -0.2) is 4.98 Å². The Morgan fingerprint density at radius 2 is 2.00 bits per heavy atom. The minimum Gasteiger partial charge on any atom is -0.455 e. The van der Waals surface area contributed by atoms with Crippen LogP contribution in [0.4, 0.5) is 0 Å². The number of quaternary nitrogens is 1. The molecule has 2 aromatic heterocycles. The minimum atomic E-state index is -0.161. The summed E-state index contributed by atoms with van der Waals surface area (Å²) in [6, 6.07) is 9.58. The third-order valence-electron chi connectivity index (χ3n) is 5.37. The third-order valence-corrected chi connectivity index (χ3v) is 6.22. The Morgan fingerprint density at radius 3 is 2.73 bits per heavy atom. The molecule has 6 nitrogen and oxygen atoms in total. The van der Waals surface area contributed by atoms with Crippen LogP contribution in [0.5, 0.6) is 0 Å². The number of amides is 1. The SMILES string of the molecule is CC[NH+](CC)CCC[C@@H](C)NC(=O)c1ccc(CSc2nc3c(C)cccc3o2)o1. The summed E-state index contributed by atoms with van der Waals surface area (Å²) in [6.07, 6.45) is 2.07. The van der Waals surface area contributed by atoms with Crippen molar-refractivity contribution in [3.63, 3.8) is 0 Å². The number of aromatic nitrogens is 1. The average Bonchev–Trinajstić information content (AvgIpc) is 3.37. The number of nitrogens with one attached hydrogen (secondary N) is 2. The Morgan fingerprint density at radius 1 is 1.20 bits per heavy atom. The second-order valence-corrected chi connectivity index (χ2v) is 8.61. The number of rotatable bonds is 11. The summed E-state index contributed by atoms with van der Waals surface area (Å²) in [4.78, 5) is 18.6. The largest absolute Gasteiger partial charge is 0.455 e. The summed E-state index contributed by atoms with van der Waals surface area (Å²) in [7, 11) is 0. The molecule has 1 atom stereocenters. The van der Waals surface area contributed by atoms with Gasteiger partial charge in [-0.2, -0.15) is 0 Å². The van der Waals surface area contributed by atoms with Crippen LogP contribution >= 0.6 is 11.8 Å². The van der Waals surface area contributed by atoms with Gasteiger partial charge in [0.05, 0.1) is 25.4 Å². The van der Waals surface area contributed by atoms with Crippen LogP contribution in [0, 0.1) is 6.92 Å². The molecule has 7 heteroatoms. The van der Waals surface area contributed by atoms with E-state index in [0.717, 1.165) is 54.9 Å². The van der Waals surface area contributed by atoms with Gasteiger partial charge in [-0.05, 0) is 64.3 Å². The maximum atomic E-state index is 12.5. The van der Waals surface area contributed by atoms with Gasteiger partial charge in [-0.1, -0.05) is 23.9 Å². The first-order valence-corrected chi connectivity index (χ1v) is 11.7. The van der Waals surface area contributed by atoms with Crippen molar-refractivity contribution >= 4 is 28.8 Å². The van der Waals surface area contributed by atoms with Gasteiger partial charge in [-0.3, -0.25) is 4.79 Å². The summed E-state index contributed by atoms with van der Waals surface area (Å²) < 4.78 is 11.5. The van der Waals surface area contributed by atoms with Gasteiger partial charge < -0.3 is 19.1 Å². The Bertz CT molecular complexity index is 962. The monoisotopic (exact) mass is 430 g/mol. The lowest BCUT2D eigenvalue weighted by Crippen LogP contribution is -3.11. The highest BCUT2D eigenvalue weighted by Gasteiger charge is 2.16. The number of fused-ring (bicyclic) bond motifs is 1. The number of carbonyl (C=O) groups is 1. The van der Waals surface area contributed by atoms with E-state index in [1.807, 2.05) is 38.1 Å². The fourth-order valence-electron chi connectivity index (χ4n) is 3.47. The molecular formula is C23H32N3O3S+. The Kier molecular flexibility index (Phi) is 7.99. The number of hydrogen-bond acceptors (Lipinski definition) is 5. The molecule has 162 valence electrons. The average molecular weight is 431 g/mol. The summed E-state index contributed by atoms with van der Waals surface area (Å²) in [5.74, 6) is 1.47. The number of para-hydroxylation sites is 1. The van der Waals surface area contributed by atoms with E-state index >= 15 is 0 Å².